The summed E-state index contributed by atoms with van der Waals surface area (Å²) < 4.78 is 5.31. The number of aliphatic hydroxyl groups is 2. The van der Waals surface area contributed by atoms with Gasteiger partial charge in [0, 0.05) is 12.1 Å². The van der Waals surface area contributed by atoms with Crippen LogP contribution in [-0.2, 0) is 0 Å². The Morgan fingerprint density at radius 2 is 2.00 bits per heavy atom. The first kappa shape index (κ1) is 15.8. The number of methoxy groups -OCH3 is 1. The van der Waals surface area contributed by atoms with Crippen LogP contribution in [0, 0.1) is 13.8 Å². The fourth-order valence-electron chi connectivity index (χ4n) is 2.99. The molecule has 1 aromatic carbocycles. The van der Waals surface area contributed by atoms with Crippen LogP contribution in [0.5, 0.6) is 5.75 Å². The van der Waals surface area contributed by atoms with Gasteiger partial charge in [-0.3, -0.25) is 4.79 Å². The number of β-amino-alcohol motifs (C(OH)–C–C–N with tert-alkyl or cyclic N) is 1. The van der Waals surface area contributed by atoms with Crippen LogP contribution in [0.15, 0.2) is 12.1 Å². The number of benzene rings is 1. The van der Waals surface area contributed by atoms with Gasteiger partial charge in [-0.05, 0) is 49.9 Å². The summed E-state index contributed by atoms with van der Waals surface area (Å²) in [5, 5.41) is 19.4. The molecule has 116 valence electrons. The van der Waals surface area contributed by atoms with Crippen molar-refractivity contribution in [3.63, 3.8) is 0 Å². The number of hydrogen-bond donors (Lipinski definition) is 2. The van der Waals surface area contributed by atoms with Crippen LogP contribution in [0.2, 0.25) is 0 Å². The first-order valence-electron chi connectivity index (χ1n) is 7.18. The normalized spacial score (nSPS) is 22.2. The number of carbonyl (C=O) groups is 1. The maximum Gasteiger partial charge on any atom is 0.253 e. The lowest BCUT2D eigenvalue weighted by molar-refractivity contribution is -0.0598. The summed E-state index contributed by atoms with van der Waals surface area (Å²) >= 11 is 0. The monoisotopic (exact) mass is 293 g/mol. The molecule has 1 atom stereocenters. The fourth-order valence-corrected chi connectivity index (χ4v) is 2.99. The molecule has 1 fully saturated rings. The van der Waals surface area contributed by atoms with E-state index < -0.39 is 5.60 Å². The predicted octanol–water partition coefficient (Wildman–Crippen LogP) is 1.27. The second kappa shape index (κ2) is 6.03. The Morgan fingerprint density at radius 3 is 2.52 bits per heavy atom. The van der Waals surface area contributed by atoms with E-state index in [0.29, 0.717) is 24.9 Å². The molecular weight excluding hydrogens is 270 g/mol. The van der Waals surface area contributed by atoms with Crippen LogP contribution in [-0.4, -0.2) is 53.4 Å². The second-order valence-corrected chi connectivity index (χ2v) is 5.86. The molecule has 1 heterocycles. The second-order valence-electron chi connectivity index (χ2n) is 5.86. The largest absolute Gasteiger partial charge is 0.496 e. The van der Waals surface area contributed by atoms with Crippen LogP contribution in [0.25, 0.3) is 0 Å². The molecule has 0 spiro atoms. The van der Waals surface area contributed by atoms with Crippen molar-refractivity contribution in [2.24, 2.45) is 0 Å². The number of likely N-dealkylation sites (tertiary alicyclic amines) is 1. The van der Waals surface area contributed by atoms with Gasteiger partial charge in [0.25, 0.3) is 5.91 Å². The van der Waals surface area contributed by atoms with E-state index in [9.17, 15) is 15.0 Å². The van der Waals surface area contributed by atoms with Gasteiger partial charge in [-0.2, -0.15) is 0 Å². The van der Waals surface area contributed by atoms with Gasteiger partial charge >= 0.3 is 0 Å². The number of hydrogen-bond acceptors (Lipinski definition) is 4. The number of piperidine rings is 1. The lowest BCUT2D eigenvalue weighted by atomic mass is 9.93. The summed E-state index contributed by atoms with van der Waals surface area (Å²) in [5.41, 5.74) is 1.24. The molecule has 0 saturated carbocycles. The van der Waals surface area contributed by atoms with Crippen molar-refractivity contribution >= 4 is 5.91 Å². The summed E-state index contributed by atoms with van der Waals surface area (Å²) in [6.45, 7) is 4.26. The average Bonchev–Trinajstić information content (AvgIpc) is 2.46. The van der Waals surface area contributed by atoms with Crippen molar-refractivity contribution < 1.29 is 19.7 Å². The molecule has 1 aliphatic rings. The summed E-state index contributed by atoms with van der Waals surface area (Å²) in [6, 6.07) is 3.61. The number of nitrogens with zero attached hydrogens (tertiary/aromatic N) is 1. The SMILES string of the molecule is COc1c(C)cc(C(=O)N2CCC[C@@](O)(CO)C2)cc1C. The van der Waals surface area contributed by atoms with E-state index in [1.165, 1.54) is 0 Å². The van der Waals surface area contributed by atoms with Crippen LogP contribution >= 0.6 is 0 Å². The van der Waals surface area contributed by atoms with Gasteiger partial charge in [0.15, 0.2) is 0 Å². The highest BCUT2D eigenvalue weighted by Gasteiger charge is 2.35. The number of aryl methyl sites for hydroxylation is 2. The zero-order chi connectivity index (χ0) is 15.6. The molecule has 21 heavy (non-hydrogen) atoms. The Labute approximate surface area is 125 Å². The zero-order valence-electron chi connectivity index (χ0n) is 12.8. The molecule has 0 unspecified atom stereocenters. The molecule has 0 radical (unpaired) electrons. The molecule has 1 aromatic rings. The summed E-state index contributed by atoms with van der Waals surface area (Å²) in [6.07, 6.45) is 1.21. The lowest BCUT2D eigenvalue weighted by Gasteiger charge is -2.38. The van der Waals surface area contributed by atoms with E-state index in [1.54, 1.807) is 24.1 Å². The molecule has 0 aromatic heterocycles. The molecule has 5 heteroatoms. The Balaban J connectivity index is 2.24. The summed E-state index contributed by atoms with van der Waals surface area (Å²) in [7, 11) is 1.61. The molecular formula is C16H23NO4. The maximum absolute atomic E-state index is 12.6. The van der Waals surface area contributed by atoms with E-state index in [1.807, 2.05) is 13.8 Å². The summed E-state index contributed by atoms with van der Waals surface area (Å²) in [5.74, 6) is 0.674. The molecule has 5 nitrogen and oxygen atoms in total. The van der Waals surface area contributed by atoms with E-state index in [-0.39, 0.29) is 19.1 Å². The van der Waals surface area contributed by atoms with Crippen molar-refractivity contribution in [2.45, 2.75) is 32.3 Å². The number of amides is 1. The number of carbonyl (C=O) groups excluding carboxylic acids is 1. The van der Waals surface area contributed by atoms with Crippen LogP contribution in [0.1, 0.15) is 34.3 Å². The third kappa shape index (κ3) is 3.19. The highest BCUT2D eigenvalue weighted by molar-refractivity contribution is 5.95. The van der Waals surface area contributed by atoms with E-state index in [2.05, 4.69) is 0 Å². The Hall–Kier alpha value is -1.59. The molecule has 0 aliphatic carbocycles. The van der Waals surface area contributed by atoms with Crippen molar-refractivity contribution in [3.05, 3.63) is 28.8 Å². The van der Waals surface area contributed by atoms with Crippen molar-refractivity contribution in [1.82, 2.24) is 4.90 Å². The third-order valence-electron chi connectivity index (χ3n) is 4.05. The Kier molecular flexibility index (Phi) is 4.54. The Bertz CT molecular complexity index is 520. The van der Waals surface area contributed by atoms with Gasteiger partial charge in [-0.15, -0.1) is 0 Å². The first-order valence-corrected chi connectivity index (χ1v) is 7.18. The first-order chi connectivity index (χ1) is 9.90. The smallest absolute Gasteiger partial charge is 0.253 e. The maximum atomic E-state index is 12.6. The highest BCUT2D eigenvalue weighted by atomic mass is 16.5. The van der Waals surface area contributed by atoms with E-state index in [4.69, 9.17) is 4.74 Å². The average molecular weight is 293 g/mol. The number of rotatable bonds is 3. The number of ether oxygens (including phenoxy) is 1. The van der Waals surface area contributed by atoms with Crippen molar-refractivity contribution in [2.75, 3.05) is 26.8 Å². The molecule has 2 rings (SSSR count). The van der Waals surface area contributed by atoms with Crippen molar-refractivity contribution in [1.29, 1.82) is 0 Å². The molecule has 1 aliphatic heterocycles. The van der Waals surface area contributed by atoms with Crippen molar-refractivity contribution in [3.8, 4) is 5.75 Å². The van der Waals surface area contributed by atoms with Gasteiger partial charge in [-0.25, -0.2) is 0 Å². The minimum atomic E-state index is -1.18. The topological polar surface area (TPSA) is 70.0 Å². The fraction of sp³-hybridized carbons (Fsp3) is 0.562. The molecule has 1 saturated heterocycles. The standard InChI is InChI=1S/C16H23NO4/c1-11-7-13(8-12(2)14(11)21-3)15(19)17-6-4-5-16(20,9-17)10-18/h7-8,18,20H,4-6,9-10H2,1-3H3/t16-/m0/s1. The minimum Gasteiger partial charge on any atom is -0.496 e. The van der Waals surface area contributed by atoms with E-state index >= 15 is 0 Å². The molecule has 2 N–H and O–H groups in total. The highest BCUT2D eigenvalue weighted by Crippen LogP contribution is 2.27. The van der Waals surface area contributed by atoms with Crippen LogP contribution in [0.4, 0.5) is 0 Å². The Morgan fingerprint density at radius 1 is 1.38 bits per heavy atom. The third-order valence-corrected chi connectivity index (χ3v) is 4.05. The molecule has 1 amide bonds. The lowest BCUT2D eigenvalue weighted by Crippen LogP contribution is -2.52. The van der Waals surface area contributed by atoms with Crippen LogP contribution in [0.3, 0.4) is 0 Å². The quantitative estimate of drug-likeness (QED) is 0.880. The van der Waals surface area contributed by atoms with Gasteiger partial charge in [0.05, 0.1) is 20.3 Å². The zero-order valence-corrected chi connectivity index (χ0v) is 12.8. The van der Waals surface area contributed by atoms with Gasteiger partial charge in [0.2, 0.25) is 0 Å². The van der Waals surface area contributed by atoms with Crippen LogP contribution < -0.4 is 4.74 Å². The van der Waals surface area contributed by atoms with E-state index in [0.717, 1.165) is 16.9 Å². The summed E-state index contributed by atoms with van der Waals surface area (Å²) in [4.78, 5) is 14.2. The minimum absolute atomic E-state index is 0.115. The van der Waals surface area contributed by atoms with Gasteiger partial charge in [0.1, 0.15) is 11.4 Å². The van der Waals surface area contributed by atoms with Gasteiger partial charge < -0.3 is 19.8 Å². The van der Waals surface area contributed by atoms with Gasteiger partial charge in [-0.1, -0.05) is 0 Å². The molecule has 0 bridgehead atoms. The number of aliphatic hydroxyl groups excluding tert-OH is 1. The predicted molar refractivity (Wildman–Crippen MR) is 79.6 cm³/mol.